The first-order chi connectivity index (χ1) is 12.5. The molecule has 1 fully saturated rings. The fourth-order valence-corrected chi connectivity index (χ4v) is 4.97. The van der Waals surface area contributed by atoms with Crippen LogP contribution in [0.25, 0.3) is 0 Å². The lowest BCUT2D eigenvalue weighted by molar-refractivity contribution is 0.0994. The van der Waals surface area contributed by atoms with Gasteiger partial charge in [-0.05, 0) is 59.3 Å². The van der Waals surface area contributed by atoms with Crippen LogP contribution >= 0.6 is 27.5 Å². The smallest absolute Gasteiger partial charge is 0.134 e. The van der Waals surface area contributed by atoms with E-state index >= 15 is 0 Å². The molecule has 2 aliphatic rings. The second-order valence-electron chi connectivity index (χ2n) is 7.33. The van der Waals surface area contributed by atoms with Crippen LogP contribution in [0.5, 0.6) is 5.75 Å². The van der Waals surface area contributed by atoms with Crippen LogP contribution in [0.2, 0.25) is 5.02 Å². The van der Waals surface area contributed by atoms with E-state index in [-0.39, 0.29) is 11.5 Å². The highest BCUT2D eigenvalue weighted by Crippen LogP contribution is 2.52. The minimum absolute atomic E-state index is 0.0190. The molecule has 6 heteroatoms. The van der Waals surface area contributed by atoms with Crippen molar-refractivity contribution in [3.05, 3.63) is 51.1 Å². The third kappa shape index (κ3) is 3.10. The molecule has 4 rings (SSSR count). The van der Waals surface area contributed by atoms with Gasteiger partial charge in [0.2, 0.25) is 0 Å². The summed E-state index contributed by atoms with van der Waals surface area (Å²) in [4.78, 5) is 7.03. The molecule has 0 radical (unpaired) electrons. The average molecular weight is 438 g/mol. The Labute approximate surface area is 167 Å². The Hall–Kier alpha value is -1.30. The highest BCUT2D eigenvalue weighted by Gasteiger charge is 2.47. The zero-order valence-corrected chi connectivity index (χ0v) is 17.1. The van der Waals surface area contributed by atoms with Gasteiger partial charge in [0.1, 0.15) is 11.6 Å². The first-order valence-electron chi connectivity index (χ1n) is 8.93. The lowest BCUT2D eigenvalue weighted by atomic mass is 9.70. The molecule has 0 bridgehead atoms. The first kappa shape index (κ1) is 18.1. The number of hydrogen-bond donors (Lipinski definition) is 1. The maximum atomic E-state index is 9.99. The molecule has 1 saturated carbocycles. The number of rotatable bonds is 3. The topological polar surface area (TPSA) is 45.6 Å². The van der Waals surface area contributed by atoms with E-state index in [4.69, 9.17) is 21.3 Å². The van der Waals surface area contributed by atoms with Gasteiger partial charge in [0, 0.05) is 30.3 Å². The number of methoxy groups -OCH3 is 1. The molecule has 1 N–H and O–H groups in total. The molecular weight excluding hydrogens is 416 g/mol. The van der Waals surface area contributed by atoms with Gasteiger partial charge in [-0.25, -0.2) is 4.98 Å². The Morgan fingerprint density at radius 3 is 2.65 bits per heavy atom. The van der Waals surface area contributed by atoms with Crippen LogP contribution in [-0.2, 0) is 12.0 Å². The zero-order valence-electron chi connectivity index (χ0n) is 14.7. The molecule has 1 spiro atoms. The average Bonchev–Trinajstić information content (AvgIpc) is 2.95. The summed E-state index contributed by atoms with van der Waals surface area (Å²) >= 11 is 10.3. The minimum atomic E-state index is -0.196. The summed E-state index contributed by atoms with van der Waals surface area (Å²) in [6, 6.07) is 8.16. The summed E-state index contributed by atoms with van der Waals surface area (Å²) in [6.45, 7) is 1.68. The first-order valence-corrected chi connectivity index (χ1v) is 10.1. The number of aromatic nitrogens is 1. The van der Waals surface area contributed by atoms with Crippen molar-refractivity contribution in [3.8, 4) is 5.75 Å². The molecule has 0 unspecified atom stereocenters. The standard InChI is InChI=1S/C20H22BrClN2O2/c1-26-15-4-2-13(3-5-15)11-24-12-20(8-6-14(25)7-9-20)17-18(22)16(21)10-23-19(17)24/h2-5,10,14,25H,6-9,11-12H2,1H3/t14-,20+. The molecule has 1 aromatic heterocycles. The van der Waals surface area contributed by atoms with Crippen LogP contribution in [0.4, 0.5) is 5.82 Å². The monoisotopic (exact) mass is 436 g/mol. The Morgan fingerprint density at radius 2 is 2.00 bits per heavy atom. The van der Waals surface area contributed by atoms with Crippen LogP contribution in [0.1, 0.15) is 36.8 Å². The molecule has 26 heavy (non-hydrogen) atoms. The summed E-state index contributed by atoms with van der Waals surface area (Å²) in [6.07, 6.45) is 5.12. The van der Waals surface area contributed by atoms with Gasteiger partial charge in [-0.15, -0.1) is 0 Å². The van der Waals surface area contributed by atoms with Crippen molar-refractivity contribution in [3.63, 3.8) is 0 Å². The van der Waals surface area contributed by atoms with Crippen molar-refractivity contribution in [1.29, 1.82) is 0 Å². The molecule has 0 amide bonds. The molecule has 2 heterocycles. The fraction of sp³-hybridized carbons (Fsp3) is 0.450. The van der Waals surface area contributed by atoms with Gasteiger partial charge in [0.05, 0.1) is 22.7 Å². The number of aliphatic hydroxyl groups is 1. The summed E-state index contributed by atoms with van der Waals surface area (Å²) in [7, 11) is 1.68. The van der Waals surface area contributed by atoms with E-state index in [1.165, 1.54) is 5.56 Å². The molecule has 2 aromatic rings. The van der Waals surface area contributed by atoms with Gasteiger partial charge < -0.3 is 14.7 Å². The SMILES string of the molecule is COc1ccc(CN2C[C@]3(CC[C@H](O)CC3)c3c2ncc(Br)c3Cl)cc1. The largest absolute Gasteiger partial charge is 0.497 e. The Bertz CT molecular complexity index is 804. The Morgan fingerprint density at radius 1 is 1.31 bits per heavy atom. The van der Waals surface area contributed by atoms with Gasteiger partial charge in [-0.1, -0.05) is 23.7 Å². The number of ether oxygens (including phenoxy) is 1. The molecule has 1 aliphatic heterocycles. The van der Waals surface area contributed by atoms with E-state index < -0.39 is 0 Å². The molecule has 0 atom stereocenters. The molecule has 138 valence electrons. The van der Waals surface area contributed by atoms with Gasteiger partial charge in [0.25, 0.3) is 0 Å². The third-order valence-corrected chi connectivity index (χ3v) is 6.94. The number of halogens is 2. The number of pyridine rings is 1. The molecular formula is C20H22BrClN2O2. The Kier molecular flexibility index (Phi) is 4.88. The lowest BCUT2D eigenvalue weighted by Crippen LogP contribution is -2.38. The van der Waals surface area contributed by atoms with Crippen molar-refractivity contribution in [2.75, 3.05) is 18.6 Å². The fourth-order valence-electron chi connectivity index (χ4n) is 4.33. The van der Waals surface area contributed by atoms with Crippen LogP contribution in [0, 0.1) is 0 Å². The van der Waals surface area contributed by atoms with E-state index in [2.05, 4.69) is 33.0 Å². The number of anilines is 1. The highest BCUT2D eigenvalue weighted by molar-refractivity contribution is 9.10. The van der Waals surface area contributed by atoms with Crippen molar-refractivity contribution in [1.82, 2.24) is 4.98 Å². The normalized spacial score (nSPS) is 24.8. The van der Waals surface area contributed by atoms with Crippen LogP contribution in [0.15, 0.2) is 34.9 Å². The molecule has 4 nitrogen and oxygen atoms in total. The number of fused-ring (bicyclic) bond motifs is 2. The van der Waals surface area contributed by atoms with E-state index in [1.54, 1.807) is 13.3 Å². The zero-order chi connectivity index (χ0) is 18.3. The van der Waals surface area contributed by atoms with Gasteiger partial charge in [0.15, 0.2) is 0 Å². The quantitative estimate of drug-likeness (QED) is 0.756. The van der Waals surface area contributed by atoms with Crippen molar-refractivity contribution >= 4 is 33.3 Å². The molecule has 0 saturated heterocycles. The van der Waals surface area contributed by atoms with Crippen LogP contribution in [0.3, 0.4) is 0 Å². The predicted molar refractivity (Wildman–Crippen MR) is 107 cm³/mol. The number of aliphatic hydroxyl groups excluding tert-OH is 1. The van der Waals surface area contributed by atoms with E-state index in [0.29, 0.717) is 0 Å². The van der Waals surface area contributed by atoms with Crippen molar-refractivity contribution in [2.24, 2.45) is 0 Å². The van der Waals surface area contributed by atoms with Gasteiger partial charge in [-0.3, -0.25) is 0 Å². The predicted octanol–water partition coefficient (Wildman–Crippen LogP) is 4.70. The van der Waals surface area contributed by atoms with E-state index in [1.807, 2.05) is 12.1 Å². The number of hydrogen-bond acceptors (Lipinski definition) is 4. The minimum Gasteiger partial charge on any atom is -0.497 e. The van der Waals surface area contributed by atoms with Crippen molar-refractivity contribution in [2.45, 2.75) is 43.7 Å². The maximum Gasteiger partial charge on any atom is 0.134 e. The second kappa shape index (κ2) is 7.02. The summed E-state index contributed by atoms with van der Waals surface area (Å²) in [5.74, 6) is 1.84. The second-order valence-corrected chi connectivity index (χ2v) is 8.57. The summed E-state index contributed by atoms with van der Waals surface area (Å²) < 4.78 is 6.09. The summed E-state index contributed by atoms with van der Waals surface area (Å²) in [5.41, 5.74) is 2.34. The van der Waals surface area contributed by atoms with Crippen molar-refractivity contribution < 1.29 is 9.84 Å². The highest BCUT2D eigenvalue weighted by atomic mass is 79.9. The lowest BCUT2D eigenvalue weighted by Gasteiger charge is -2.36. The number of nitrogens with zero attached hydrogens (tertiary/aromatic N) is 2. The maximum absolute atomic E-state index is 9.99. The molecule has 1 aromatic carbocycles. The van der Waals surface area contributed by atoms with Crippen LogP contribution in [-0.4, -0.2) is 29.8 Å². The third-order valence-electron chi connectivity index (χ3n) is 5.72. The molecule has 1 aliphatic carbocycles. The van der Waals surface area contributed by atoms with Gasteiger partial charge >= 0.3 is 0 Å². The Balaban J connectivity index is 1.68. The summed E-state index contributed by atoms with van der Waals surface area (Å²) in [5, 5.41) is 10.8. The number of benzene rings is 1. The van der Waals surface area contributed by atoms with E-state index in [9.17, 15) is 5.11 Å². The van der Waals surface area contributed by atoms with Gasteiger partial charge in [-0.2, -0.15) is 0 Å². The van der Waals surface area contributed by atoms with Crippen LogP contribution < -0.4 is 9.64 Å². The van der Waals surface area contributed by atoms with E-state index in [0.717, 1.165) is 65.4 Å².